The van der Waals surface area contributed by atoms with Crippen molar-refractivity contribution in [1.29, 1.82) is 0 Å². The van der Waals surface area contributed by atoms with Crippen molar-refractivity contribution < 1.29 is 9.05 Å². The summed E-state index contributed by atoms with van der Waals surface area (Å²) in [4.78, 5) is 0. The van der Waals surface area contributed by atoms with Gasteiger partial charge in [0.1, 0.15) is 0 Å². The van der Waals surface area contributed by atoms with Crippen LogP contribution in [0.2, 0.25) is 0 Å². The van der Waals surface area contributed by atoms with Gasteiger partial charge in [0.05, 0.1) is 12.2 Å². The van der Waals surface area contributed by atoms with Gasteiger partial charge in [-0.05, 0) is 25.7 Å². The molecule has 0 aliphatic heterocycles. The molecule has 0 aliphatic carbocycles. The summed E-state index contributed by atoms with van der Waals surface area (Å²) in [7, 11) is 5.47. The molecule has 156 valence electrons. The highest BCUT2D eigenvalue weighted by molar-refractivity contribution is 8.00. The molecule has 0 saturated heterocycles. The van der Waals surface area contributed by atoms with Crippen LogP contribution in [0.3, 0.4) is 0 Å². The molecule has 5 heteroatoms. The van der Waals surface area contributed by atoms with Gasteiger partial charge in [-0.2, -0.15) is 0 Å². The van der Waals surface area contributed by atoms with E-state index in [0.717, 1.165) is 19.3 Å². The van der Waals surface area contributed by atoms with Crippen molar-refractivity contribution in [3.63, 3.8) is 0 Å². The molecule has 0 aromatic carbocycles. The Morgan fingerprint density at radius 1 is 0.815 bits per heavy atom. The minimum atomic E-state index is 0.133. The lowest BCUT2D eigenvalue weighted by molar-refractivity contribution is 0.274. The zero-order valence-corrected chi connectivity index (χ0v) is 20.6. The third kappa shape index (κ3) is 19.3. The van der Waals surface area contributed by atoms with Gasteiger partial charge in [0.25, 0.3) is 0 Å². The summed E-state index contributed by atoms with van der Waals surface area (Å²) in [6, 6.07) is 0. The standard InChI is InChI=1S/C22H41O2P3/c1-3-5-7-9-10-11-14-19-22(24-27-26)20-16-12-15-18-21(23-25)17-13-8-6-4-2/h10-12,14-16,18-19,21-22,27H,3-9,13,17,20,25-26H2,1-2H3/b11-10-,16-12-,18-15+,19-14+. The molecule has 0 amide bonds. The van der Waals surface area contributed by atoms with Gasteiger partial charge in [-0.3, -0.25) is 0 Å². The molecule has 0 spiro atoms. The van der Waals surface area contributed by atoms with Crippen LogP contribution in [0.1, 0.15) is 78.1 Å². The molecule has 0 saturated carbocycles. The maximum atomic E-state index is 5.78. The number of unbranched alkanes of at least 4 members (excludes halogenated alkanes) is 6. The predicted octanol–water partition coefficient (Wildman–Crippen LogP) is 8.10. The number of allylic oxidation sites excluding steroid dienone is 5. The van der Waals surface area contributed by atoms with Gasteiger partial charge in [0.2, 0.25) is 0 Å². The lowest BCUT2D eigenvalue weighted by Gasteiger charge is -2.10. The molecule has 5 unspecified atom stereocenters. The minimum absolute atomic E-state index is 0.133. The highest BCUT2D eigenvalue weighted by Crippen LogP contribution is 2.25. The lowest BCUT2D eigenvalue weighted by atomic mass is 10.1. The van der Waals surface area contributed by atoms with Crippen LogP contribution in [-0.4, -0.2) is 12.2 Å². The summed E-state index contributed by atoms with van der Waals surface area (Å²) in [6.45, 7) is 4.47. The zero-order valence-electron chi connectivity index (χ0n) is 17.3. The molecule has 0 aromatic heterocycles. The van der Waals surface area contributed by atoms with E-state index in [9.17, 15) is 0 Å². The van der Waals surface area contributed by atoms with Crippen molar-refractivity contribution in [1.82, 2.24) is 0 Å². The van der Waals surface area contributed by atoms with E-state index in [1.54, 1.807) is 0 Å². The second kappa shape index (κ2) is 22.5. The van der Waals surface area contributed by atoms with E-state index in [1.807, 2.05) is 0 Å². The first-order valence-electron chi connectivity index (χ1n) is 10.4. The monoisotopic (exact) mass is 430 g/mol. The molecular weight excluding hydrogens is 389 g/mol. The van der Waals surface area contributed by atoms with Crippen molar-refractivity contribution in [3.8, 4) is 0 Å². The van der Waals surface area contributed by atoms with E-state index in [4.69, 9.17) is 9.05 Å². The Kier molecular flexibility index (Phi) is 22.6. The maximum Gasteiger partial charge on any atom is 0.0836 e. The summed E-state index contributed by atoms with van der Waals surface area (Å²) in [6.07, 6.45) is 29.5. The Morgan fingerprint density at radius 2 is 1.48 bits per heavy atom. The van der Waals surface area contributed by atoms with Crippen LogP contribution in [0.15, 0.2) is 48.6 Å². The Balaban J connectivity index is 4.18. The Bertz CT molecular complexity index is 420. The Labute approximate surface area is 175 Å². The fourth-order valence-corrected chi connectivity index (χ4v) is 3.69. The fourth-order valence-electron chi connectivity index (χ4n) is 2.59. The molecule has 5 atom stereocenters. The van der Waals surface area contributed by atoms with E-state index in [-0.39, 0.29) is 12.2 Å². The number of hydrogen-bond donors (Lipinski definition) is 0. The quantitative estimate of drug-likeness (QED) is 0.124. The maximum absolute atomic E-state index is 5.78. The van der Waals surface area contributed by atoms with Crippen LogP contribution in [0.4, 0.5) is 0 Å². The van der Waals surface area contributed by atoms with Crippen LogP contribution in [0.25, 0.3) is 0 Å². The Morgan fingerprint density at radius 3 is 2.15 bits per heavy atom. The summed E-state index contributed by atoms with van der Waals surface area (Å²) < 4.78 is 11.2. The number of rotatable bonds is 18. The van der Waals surface area contributed by atoms with Gasteiger partial charge in [-0.15, -0.1) is 0 Å². The summed E-state index contributed by atoms with van der Waals surface area (Å²) in [5, 5.41) is 0. The average Bonchev–Trinajstić information content (AvgIpc) is 2.68. The van der Waals surface area contributed by atoms with Gasteiger partial charge in [-0.25, -0.2) is 0 Å². The van der Waals surface area contributed by atoms with Gasteiger partial charge in [0, 0.05) is 18.0 Å². The first-order valence-corrected chi connectivity index (χ1v) is 13.6. The van der Waals surface area contributed by atoms with Gasteiger partial charge >= 0.3 is 0 Å². The minimum Gasteiger partial charge on any atom is -0.358 e. The summed E-state index contributed by atoms with van der Waals surface area (Å²) in [5.74, 6) is 0. The molecule has 0 heterocycles. The summed E-state index contributed by atoms with van der Waals surface area (Å²) in [5.41, 5.74) is 0. The third-order valence-corrected chi connectivity index (χ3v) is 5.42. The van der Waals surface area contributed by atoms with Crippen LogP contribution in [0, 0.1) is 0 Å². The lowest BCUT2D eigenvalue weighted by Crippen LogP contribution is -2.03. The molecule has 0 bridgehead atoms. The van der Waals surface area contributed by atoms with Crippen molar-refractivity contribution in [2.45, 2.75) is 90.3 Å². The zero-order chi connectivity index (χ0) is 20.0. The van der Waals surface area contributed by atoms with E-state index in [2.05, 4.69) is 80.9 Å². The molecule has 0 aliphatic rings. The smallest absolute Gasteiger partial charge is 0.0836 e. The van der Waals surface area contributed by atoms with E-state index in [1.165, 1.54) is 44.9 Å². The topological polar surface area (TPSA) is 18.5 Å². The highest BCUT2D eigenvalue weighted by Gasteiger charge is 2.02. The first kappa shape index (κ1) is 27.2. The first-order chi connectivity index (χ1) is 13.3. The van der Waals surface area contributed by atoms with E-state index in [0.29, 0.717) is 8.50 Å². The van der Waals surface area contributed by atoms with Gasteiger partial charge < -0.3 is 9.05 Å². The molecule has 0 radical (unpaired) electrons. The van der Waals surface area contributed by atoms with Crippen LogP contribution < -0.4 is 0 Å². The van der Waals surface area contributed by atoms with Crippen LogP contribution in [-0.2, 0) is 9.05 Å². The largest absolute Gasteiger partial charge is 0.358 e. The van der Waals surface area contributed by atoms with Crippen LogP contribution in [0.5, 0.6) is 0 Å². The second-order valence-electron chi connectivity index (χ2n) is 6.66. The van der Waals surface area contributed by atoms with Gasteiger partial charge in [0.15, 0.2) is 0 Å². The fraction of sp³-hybridized carbons (Fsp3) is 0.636. The van der Waals surface area contributed by atoms with Gasteiger partial charge in [-0.1, -0.05) is 110 Å². The molecule has 0 N–H and O–H groups in total. The normalized spacial score (nSPS) is 15.4. The molecule has 0 fully saturated rings. The second-order valence-corrected chi connectivity index (χ2v) is 8.11. The SMILES string of the molecule is CCCCC/C=C\C=C\C(C/C=C\C=C\C(CCCCCC)OP)OPP. The Hall–Kier alpha value is 0.170. The molecule has 0 rings (SSSR count). The van der Waals surface area contributed by atoms with Crippen LogP contribution >= 0.6 is 26.9 Å². The predicted molar refractivity (Wildman–Crippen MR) is 132 cm³/mol. The van der Waals surface area contributed by atoms with E-state index >= 15 is 0 Å². The average molecular weight is 430 g/mol. The highest BCUT2D eigenvalue weighted by atomic mass is 32.0. The third-order valence-electron chi connectivity index (χ3n) is 4.23. The molecular formula is C22H41O2P3. The van der Waals surface area contributed by atoms with Crippen molar-refractivity contribution in [3.05, 3.63) is 48.6 Å². The van der Waals surface area contributed by atoms with Crippen molar-refractivity contribution >= 4 is 26.9 Å². The molecule has 2 nitrogen and oxygen atoms in total. The molecule has 27 heavy (non-hydrogen) atoms. The molecule has 0 aromatic rings. The van der Waals surface area contributed by atoms with Crippen molar-refractivity contribution in [2.75, 3.05) is 0 Å². The number of hydrogen-bond acceptors (Lipinski definition) is 2. The summed E-state index contributed by atoms with van der Waals surface area (Å²) >= 11 is 0. The van der Waals surface area contributed by atoms with Crippen molar-refractivity contribution in [2.24, 2.45) is 0 Å². The van der Waals surface area contributed by atoms with E-state index < -0.39 is 0 Å².